The predicted octanol–water partition coefficient (Wildman–Crippen LogP) is 1.66. The van der Waals surface area contributed by atoms with Crippen molar-refractivity contribution in [3.63, 3.8) is 0 Å². The molecule has 0 amide bonds. The molecule has 0 spiro atoms. The molecule has 0 saturated carbocycles. The Bertz CT molecular complexity index is 557. The summed E-state index contributed by atoms with van der Waals surface area (Å²) in [6.45, 7) is 0.414. The molecule has 0 radical (unpaired) electrons. The quantitative estimate of drug-likeness (QED) is 0.880. The number of carbonyl (C=O) groups is 1. The highest BCUT2D eigenvalue weighted by Crippen LogP contribution is 2.09. The summed E-state index contributed by atoms with van der Waals surface area (Å²) < 4.78 is 1.40. The number of rotatable bonds is 3. The molecule has 0 saturated heterocycles. The van der Waals surface area contributed by atoms with E-state index in [0.29, 0.717) is 6.54 Å². The Hall–Kier alpha value is -1.88. The molecular formula is C11H9NO3S. The fourth-order valence-electron chi connectivity index (χ4n) is 1.35. The summed E-state index contributed by atoms with van der Waals surface area (Å²) in [4.78, 5) is 23.3. The first-order valence-corrected chi connectivity index (χ1v) is 5.51. The van der Waals surface area contributed by atoms with Gasteiger partial charge in [-0.15, -0.1) is 11.3 Å². The van der Waals surface area contributed by atoms with Gasteiger partial charge in [0.05, 0.1) is 12.1 Å². The van der Waals surface area contributed by atoms with E-state index in [9.17, 15) is 9.59 Å². The van der Waals surface area contributed by atoms with E-state index in [1.165, 1.54) is 34.2 Å². The fraction of sp³-hybridized carbons (Fsp3) is 0.0909. The molecule has 0 aliphatic carbocycles. The van der Waals surface area contributed by atoms with Crippen LogP contribution in [0.2, 0.25) is 0 Å². The molecule has 0 aliphatic rings. The molecule has 0 aromatic carbocycles. The van der Waals surface area contributed by atoms with Gasteiger partial charge >= 0.3 is 5.97 Å². The van der Waals surface area contributed by atoms with Gasteiger partial charge in [-0.1, -0.05) is 6.07 Å². The Balaban J connectivity index is 2.36. The molecule has 0 aliphatic heterocycles. The molecule has 2 aromatic heterocycles. The lowest BCUT2D eigenvalue weighted by Crippen LogP contribution is -2.20. The smallest absolute Gasteiger partial charge is 0.337 e. The number of nitrogens with zero attached hydrogens (tertiary/aromatic N) is 1. The first-order valence-electron chi connectivity index (χ1n) is 4.63. The highest BCUT2D eigenvalue weighted by Gasteiger charge is 2.05. The van der Waals surface area contributed by atoms with Crippen molar-refractivity contribution in [2.75, 3.05) is 0 Å². The van der Waals surface area contributed by atoms with Crippen molar-refractivity contribution >= 4 is 17.3 Å². The second-order valence-electron chi connectivity index (χ2n) is 3.27. The van der Waals surface area contributed by atoms with Crippen LogP contribution in [0, 0.1) is 0 Å². The minimum Gasteiger partial charge on any atom is -0.478 e. The Kier molecular flexibility index (Phi) is 2.87. The molecule has 5 heteroatoms. The number of aromatic carboxylic acids is 1. The van der Waals surface area contributed by atoms with E-state index in [1.807, 2.05) is 17.5 Å². The Morgan fingerprint density at radius 3 is 2.81 bits per heavy atom. The average Bonchev–Trinajstić information content (AvgIpc) is 2.73. The molecule has 2 aromatic rings. The lowest BCUT2D eigenvalue weighted by Gasteiger charge is -2.04. The van der Waals surface area contributed by atoms with Crippen LogP contribution < -0.4 is 5.56 Å². The Morgan fingerprint density at radius 1 is 1.38 bits per heavy atom. The van der Waals surface area contributed by atoms with Crippen LogP contribution in [0.15, 0.2) is 40.6 Å². The first-order chi connectivity index (χ1) is 7.66. The van der Waals surface area contributed by atoms with Crippen molar-refractivity contribution in [3.05, 3.63) is 56.6 Å². The van der Waals surface area contributed by atoms with Crippen LogP contribution in [0.1, 0.15) is 15.2 Å². The van der Waals surface area contributed by atoms with Gasteiger partial charge in [-0.3, -0.25) is 4.79 Å². The van der Waals surface area contributed by atoms with E-state index in [4.69, 9.17) is 5.11 Å². The van der Waals surface area contributed by atoms with Crippen molar-refractivity contribution < 1.29 is 9.90 Å². The summed E-state index contributed by atoms with van der Waals surface area (Å²) >= 11 is 1.53. The van der Waals surface area contributed by atoms with Gasteiger partial charge in [-0.25, -0.2) is 4.79 Å². The van der Waals surface area contributed by atoms with E-state index in [2.05, 4.69) is 0 Å². The van der Waals surface area contributed by atoms with E-state index in [-0.39, 0.29) is 11.1 Å². The molecule has 82 valence electrons. The third-order valence-corrected chi connectivity index (χ3v) is 3.00. The van der Waals surface area contributed by atoms with Crippen LogP contribution in [0.25, 0.3) is 0 Å². The molecule has 16 heavy (non-hydrogen) atoms. The minimum atomic E-state index is -1.03. The van der Waals surface area contributed by atoms with E-state index in [1.54, 1.807) is 0 Å². The van der Waals surface area contributed by atoms with Crippen LogP contribution in [-0.4, -0.2) is 15.6 Å². The van der Waals surface area contributed by atoms with Gasteiger partial charge in [0.25, 0.3) is 5.56 Å². The van der Waals surface area contributed by atoms with Crippen LogP contribution in [0.4, 0.5) is 0 Å². The van der Waals surface area contributed by atoms with Gasteiger partial charge < -0.3 is 9.67 Å². The summed E-state index contributed by atoms with van der Waals surface area (Å²) in [6.07, 6.45) is 1.37. The minimum absolute atomic E-state index is 0.121. The molecule has 0 fully saturated rings. The zero-order valence-corrected chi connectivity index (χ0v) is 9.11. The van der Waals surface area contributed by atoms with Crippen LogP contribution in [-0.2, 0) is 6.54 Å². The monoisotopic (exact) mass is 235 g/mol. The van der Waals surface area contributed by atoms with Crippen molar-refractivity contribution in [2.45, 2.75) is 6.54 Å². The molecule has 0 bridgehead atoms. The summed E-state index contributed by atoms with van der Waals surface area (Å²) in [5.74, 6) is -1.03. The zero-order valence-electron chi connectivity index (χ0n) is 8.29. The molecule has 0 atom stereocenters. The van der Waals surface area contributed by atoms with Gasteiger partial charge in [0.1, 0.15) is 0 Å². The Labute approximate surface area is 95.4 Å². The van der Waals surface area contributed by atoms with Gasteiger partial charge in [0.15, 0.2) is 0 Å². The molecule has 0 unspecified atom stereocenters. The molecule has 2 heterocycles. The first kappa shape index (κ1) is 10.6. The average molecular weight is 235 g/mol. The standard InChI is InChI=1S/C11H9NO3S/c13-10-4-3-8(11(14)15)6-12(10)7-9-2-1-5-16-9/h1-6H,7H2,(H,14,15). The van der Waals surface area contributed by atoms with Crippen molar-refractivity contribution in [3.8, 4) is 0 Å². The molecule has 1 N–H and O–H groups in total. The van der Waals surface area contributed by atoms with Crippen LogP contribution in [0.5, 0.6) is 0 Å². The molecule has 4 nitrogen and oxygen atoms in total. The highest BCUT2D eigenvalue weighted by molar-refractivity contribution is 7.09. The van der Waals surface area contributed by atoms with Gasteiger partial charge in [0.2, 0.25) is 0 Å². The summed E-state index contributed by atoms with van der Waals surface area (Å²) in [7, 11) is 0. The van der Waals surface area contributed by atoms with E-state index in [0.717, 1.165) is 4.88 Å². The number of hydrogen-bond acceptors (Lipinski definition) is 3. The van der Waals surface area contributed by atoms with E-state index >= 15 is 0 Å². The third-order valence-electron chi connectivity index (χ3n) is 2.14. The number of carboxylic acid groups (broad SMARTS) is 1. The van der Waals surface area contributed by atoms with Crippen molar-refractivity contribution in [2.24, 2.45) is 0 Å². The third kappa shape index (κ3) is 2.20. The van der Waals surface area contributed by atoms with Crippen molar-refractivity contribution in [1.29, 1.82) is 0 Å². The number of carboxylic acids is 1. The maximum atomic E-state index is 11.5. The van der Waals surface area contributed by atoms with E-state index < -0.39 is 5.97 Å². The second-order valence-corrected chi connectivity index (χ2v) is 4.30. The summed E-state index contributed by atoms with van der Waals surface area (Å²) in [5, 5.41) is 10.7. The predicted molar refractivity (Wildman–Crippen MR) is 61.1 cm³/mol. The maximum Gasteiger partial charge on any atom is 0.337 e. The zero-order chi connectivity index (χ0) is 11.5. The number of pyridine rings is 1. The molecular weight excluding hydrogens is 226 g/mol. The topological polar surface area (TPSA) is 59.3 Å². The summed E-state index contributed by atoms with van der Waals surface area (Å²) in [5.41, 5.74) is -0.0745. The second kappa shape index (κ2) is 4.32. The van der Waals surface area contributed by atoms with Crippen molar-refractivity contribution in [1.82, 2.24) is 4.57 Å². The number of aromatic nitrogens is 1. The van der Waals surface area contributed by atoms with Crippen LogP contribution >= 0.6 is 11.3 Å². The maximum absolute atomic E-state index is 11.5. The van der Waals surface area contributed by atoms with Gasteiger partial charge in [0, 0.05) is 17.1 Å². The largest absolute Gasteiger partial charge is 0.478 e. The summed E-state index contributed by atoms with van der Waals surface area (Å²) in [6, 6.07) is 6.39. The van der Waals surface area contributed by atoms with Gasteiger partial charge in [-0.05, 0) is 17.5 Å². The SMILES string of the molecule is O=C(O)c1ccc(=O)n(Cc2cccs2)c1. The van der Waals surface area contributed by atoms with Crippen LogP contribution in [0.3, 0.4) is 0 Å². The fourth-order valence-corrected chi connectivity index (χ4v) is 2.05. The number of thiophene rings is 1. The lowest BCUT2D eigenvalue weighted by molar-refractivity contribution is 0.0696. The molecule has 2 rings (SSSR count). The number of hydrogen-bond donors (Lipinski definition) is 1. The Morgan fingerprint density at radius 2 is 2.19 bits per heavy atom. The normalized spacial score (nSPS) is 10.2. The lowest BCUT2D eigenvalue weighted by atomic mass is 10.3. The highest BCUT2D eigenvalue weighted by atomic mass is 32.1. The van der Waals surface area contributed by atoms with Gasteiger partial charge in [-0.2, -0.15) is 0 Å².